The van der Waals surface area contributed by atoms with Gasteiger partial charge in [0.05, 0.1) is 28.7 Å². The Hall–Kier alpha value is -2.61. The van der Waals surface area contributed by atoms with Crippen LogP contribution in [0.25, 0.3) is 0 Å². The zero-order chi connectivity index (χ0) is 22.6. The molecule has 0 spiro atoms. The summed E-state index contributed by atoms with van der Waals surface area (Å²) in [6.45, 7) is 6.17. The molecule has 0 aliphatic carbocycles. The van der Waals surface area contributed by atoms with Gasteiger partial charge in [-0.2, -0.15) is 0 Å². The number of anilines is 1. The summed E-state index contributed by atoms with van der Waals surface area (Å²) >= 11 is 7.84. The first-order valence-electron chi connectivity index (χ1n) is 9.52. The van der Waals surface area contributed by atoms with Crippen molar-refractivity contribution >= 4 is 44.6 Å². The number of nitrogens with zero attached hydrogens (tertiary/aromatic N) is 2. The first-order chi connectivity index (χ1) is 14.8. The molecule has 1 heterocycles. The van der Waals surface area contributed by atoms with E-state index in [9.17, 15) is 13.2 Å². The van der Waals surface area contributed by atoms with Crippen molar-refractivity contribution in [2.75, 3.05) is 17.9 Å². The minimum atomic E-state index is -3.97. The van der Waals surface area contributed by atoms with E-state index in [1.165, 1.54) is 22.5 Å². The van der Waals surface area contributed by atoms with Crippen LogP contribution in [-0.2, 0) is 16.6 Å². The van der Waals surface area contributed by atoms with E-state index >= 15 is 0 Å². The Bertz CT molecular complexity index is 1200. The third-order valence-electron chi connectivity index (χ3n) is 4.78. The quantitative estimate of drug-likeness (QED) is 0.413. The number of carbonyl (C=O) groups excluding carboxylic acids is 1. The highest BCUT2D eigenvalue weighted by Crippen LogP contribution is 2.30. The summed E-state index contributed by atoms with van der Waals surface area (Å²) in [4.78, 5) is 15.7. The normalized spacial score (nSPS) is 11.2. The molecule has 2 aromatic carbocycles. The van der Waals surface area contributed by atoms with Crippen LogP contribution in [-0.4, -0.2) is 32.8 Å². The lowest BCUT2D eigenvalue weighted by Crippen LogP contribution is -2.32. The maximum absolute atomic E-state index is 13.4. The number of halogens is 1. The van der Waals surface area contributed by atoms with Crippen LogP contribution in [0.4, 0.5) is 5.69 Å². The minimum Gasteiger partial charge on any atom is -0.337 e. The summed E-state index contributed by atoms with van der Waals surface area (Å²) in [5.74, 6) is -0.252. The molecule has 0 aliphatic heterocycles. The van der Waals surface area contributed by atoms with Gasteiger partial charge in [0.2, 0.25) is 0 Å². The summed E-state index contributed by atoms with van der Waals surface area (Å²) in [7, 11) is -2.26. The van der Waals surface area contributed by atoms with Crippen LogP contribution >= 0.6 is 22.9 Å². The fourth-order valence-corrected chi connectivity index (χ4v) is 5.83. The number of para-hydroxylation sites is 1. The van der Waals surface area contributed by atoms with Gasteiger partial charge in [-0.1, -0.05) is 35.9 Å². The minimum absolute atomic E-state index is 0.0147. The number of sulfonamides is 1. The van der Waals surface area contributed by atoms with E-state index in [-0.39, 0.29) is 17.3 Å². The van der Waals surface area contributed by atoms with E-state index < -0.39 is 10.0 Å². The second-order valence-electron chi connectivity index (χ2n) is 6.99. The summed E-state index contributed by atoms with van der Waals surface area (Å²) in [6, 6.07) is 14.8. The van der Waals surface area contributed by atoms with Crippen molar-refractivity contribution < 1.29 is 13.2 Å². The molecular weight excluding hydrogens is 452 g/mol. The Morgan fingerprint density at radius 2 is 1.90 bits per heavy atom. The summed E-state index contributed by atoms with van der Waals surface area (Å²) in [5, 5.41) is 2.30. The number of amides is 1. The lowest BCUT2D eigenvalue weighted by Gasteiger charge is -2.24. The van der Waals surface area contributed by atoms with E-state index in [2.05, 4.69) is 6.58 Å². The van der Waals surface area contributed by atoms with Gasteiger partial charge in [-0.05, 0) is 54.3 Å². The molecule has 31 heavy (non-hydrogen) atoms. The van der Waals surface area contributed by atoms with E-state index in [0.717, 1.165) is 10.4 Å². The second kappa shape index (κ2) is 9.68. The van der Waals surface area contributed by atoms with Crippen LogP contribution < -0.4 is 4.31 Å². The van der Waals surface area contributed by atoms with Gasteiger partial charge in [0.1, 0.15) is 0 Å². The van der Waals surface area contributed by atoms with Gasteiger partial charge in [-0.25, -0.2) is 8.42 Å². The molecule has 0 saturated heterocycles. The zero-order valence-electron chi connectivity index (χ0n) is 17.3. The number of thiophene rings is 1. The van der Waals surface area contributed by atoms with Crippen LogP contribution in [0, 0.1) is 6.92 Å². The Balaban J connectivity index is 1.93. The lowest BCUT2D eigenvalue weighted by atomic mass is 10.2. The van der Waals surface area contributed by atoms with Gasteiger partial charge in [0.15, 0.2) is 0 Å². The molecule has 3 rings (SSSR count). The Morgan fingerprint density at radius 3 is 2.55 bits per heavy atom. The molecule has 162 valence electrons. The maximum atomic E-state index is 13.4. The van der Waals surface area contributed by atoms with Crippen molar-refractivity contribution in [3.63, 3.8) is 0 Å². The highest BCUT2D eigenvalue weighted by molar-refractivity contribution is 7.92. The van der Waals surface area contributed by atoms with Crippen LogP contribution in [0.5, 0.6) is 0 Å². The summed E-state index contributed by atoms with van der Waals surface area (Å²) < 4.78 is 28.0. The van der Waals surface area contributed by atoms with Crippen molar-refractivity contribution in [3.8, 4) is 0 Å². The number of aryl methyl sites for hydroxylation is 1. The first-order valence-corrected chi connectivity index (χ1v) is 12.2. The van der Waals surface area contributed by atoms with Crippen LogP contribution in [0.3, 0.4) is 0 Å². The molecule has 0 aliphatic rings. The van der Waals surface area contributed by atoms with Gasteiger partial charge in [-0.15, -0.1) is 17.9 Å². The fraction of sp³-hybridized carbons (Fsp3) is 0.174. The highest BCUT2D eigenvalue weighted by Gasteiger charge is 2.27. The Kier molecular flexibility index (Phi) is 7.20. The van der Waals surface area contributed by atoms with Crippen molar-refractivity contribution in [2.45, 2.75) is 18.4 Å². The van der Waals surface area contributed by atoms with E-state index in [0.29, 0.717) is 22.8 Å². The average Bonchev–Trinajstić information content (AvgIpc) is 3.16. The van der Waals surface area contributed by atoms with Gasteiger partial charge >= 0.3 is 0 Å². The molecule has 0 atom stereocenters. The van der Waals surface area contributed by atoms with Crippen molar-refractivity contribution in [2.24, 2.45) is 0 Å². The average molecular weight is 475 g/mol. The molecule has 0 saturated carbocycles. The zero-order valence-corrected chi connectivity index (χ0v) is 19.7. The monoisotopic (exact) mass is 474 g/mol. The van der Waals surface area contributed by atoms with Crippen molar-refractivity contribution in [3.05, 3.63) is 93.7 Å². The van der Waals surface area contributed by atoms with Gasteiger partial charge in [0, 0.05) is 17.5 Å². The maximum Gasteiger partial charge on any atom is 0.264 e. The molecule has 3 aromatic rings. The number of hydrogen-bond acceptors (Lipinski definition) is 4. The van der Waals surface area contributed by atoms with E-state index in [1.807, 2.05) is 18.4 Å². The molecule has 0 bridgehead atoms. The SMILES string of the molecule is C=CCN(c1ccccc1Cl)S(=O)(=O)c1cccc(C(=O)N(C)Cc2sccc2C)c1. The van der Waals surface area contributed by atoms with E-state index in [1.54, 1.807) is 59.7 Å². The predicted octanol–water partition coefficient (Wildman–Crippen LogP) is 5.36. The highest BCUT2D eigenvalue weighted by atomic mass is 35.5. The fourth-order valence-electron chi connectivity index (χ4n) is 3.09. The number of rotatable bonds is 8. The Labute approximate surface area is 192 Å². The number of benzene rings is 2. The van der Waals surface area contributed by atoms with Gasteiger partial charge in [-0.3, -0.25) is 9.10 Å². The molecule has 0 N–H and O–H groups in total. The van der Waals surface area contributed by atoms with Crippen LogP contribution in [0.2, 0.25) is 5.02 Å². The largest absolute Gasteiger partial charge is 0.337 e. The molecule has 8 heteroatoms. The molecule has 1 amide bonds. The number of carbonyl (C=O) groups is 1. The molecule has 5 nitrogen and oxygen atoms in total. The standard InChI is InChI=1S/C23H23ClN2O3S2/c1-4-13-26(21-11-6-5-10-20(21)24)31(28,29)19-9-7-8-18(15-19)23(27)25(3)16-22-17(2)12-14-30-22/h4-12,14-15H,1,13,16H2,2-3H3. The summed E-state index contributed by atoms with van der Waals surface area (Å²) in [6.07, 6.45) is 1.49. The molecule has 0 unspecified atom stereocenters. The molecule has 0 fully saturated rings. The van der Waals surface area contributed by atoms with E-state index in [4.69, 9.17) is 11.6 Å². The molecule has 1 aromatic heterocycles. The molecule has 0 radical (unpaired) electrons. The topological polar surface area (TPSA) is 57.7 Å². The molecular formula is C23H23ClN2O3S2. The van der Waals surface area contributed by atoms with Crippen molar-refractivity contribution in [1.82, 2.24) is 4.90 Å². The van der Waals surface area contributed by atoms with Crippen LogP contribution in [0.1, 0.15) is 20.8 Å². The number of hydrogen-bond donors (Lipinski definition) is 0. The van der Waals surface area contributed by atoms with Gasteiger partial charge < -0.3 is 4.90 Å². The Morgan fingerprint density at radius 1 is 1.16 bits per heavy atom. The van der Waals surface area contributed by atoms with Crippen molar-refractivity contribution in [1.29, 1.82) is 0 Å². The third kappa shape index (κ3) is 5.01. The summed E-state index contributed by atoms with van der Waals surface area (Å²) in [5.41, 5.74) is 1.78. The third-order valence-corrected chi connectivity index (χ3v) is 7.88. The first kappa shape index (κ1) is 23.1. The predicted molar refractivity (Wildman–Crippen MR) is 127 cm³/mol. The smallest absolute Gasteiger partial charge is 0.264 e. The van der Waals surface area contributed by atoms with Crippen LogP contribution in [0.15, 0.2) is 77.5 Å². The second-order valence-corrected chi connectivity index (χ2v) is 10.3. The van der Waals surface area contributed by atoms with Gasteiger partial charge in [0.25, 0.3) is 15.9 Å². The lowest BCUT2D eigenvalue weighted by molar-refractivity contribution is 0.0786.